The van der Waals surface area contributed by atoms with Crippen LogP contribution < -0.4 is 9.46 Å². The molecule has 0 heterocycles. The first-order valence-electron chi connectivity index (χ1n) is 6.61. The average Bonchev–Trinajstić information content (AvgIpc) is 2.49. The Morgan fingerprint density at radius 1 is 1.09 bits per heavy atom. The van der Waals surface area contributed by atoms with Crippen LogP contribution in [0.25, 0.3) is 0 Å². The molecule has 4 nitrogen and oxygen atoms in total. The summed E-state index contributed by atoms with van der Waals surface area (Å²) in [6, 6.07) is 9.61. The van der Waals surface area contributed by atoms with Crippen molar-refractivity contribution in [1.82, 2.24) is 4.72 Å². The van der Waals surface area contributed by atoms with Crippen LogP contribution in [-0.2, 0) is 10.0 Å². The van der Waals surface area contributed by atoms with Gasteiger partial charge in [0.05, 0.1) is 4.90 Å². The average molecular weight is 345 g/mol. The highest BCUT2D eigenvalue weighted by molar-refractivity contribution is 7.89. The summed E-state index contributed by atoms with van der Waals surface area (Å²) in [6.07, 6.45) is 0. The zero-order chi connectivity index (χ0) is 17.0. The van der Waals surface area contributed by atoms with Crippen molar-refractivity contribution in [3.8, 4) is 5.75 Å². The third kappa shape index (κ3) is 4.46. The van der Waals surface area contributed by atoms with Crippen LogP contribution in [0, 0.1) is 5.82 Å². The lowest BCUT2D eigenvalue weighted by atomic mass is 10.1. The molecule has 0 amide bonds. The number of alkyl halides is 2. The molecule has 0 aliphatic rings. The minimum atomic E-state index is -3.87. The Balaban J connectivity index is 2.25. The van der Waals surface area contributed by atoms with Gasteiger partial charge in [-0.2, -0.15) is 8.78 Å². The number of nitrogens with one attached hydrogen (secondary N) is 1. The van der Waals surface area contributed by atoms with Gasteiger partial charge in [0.25, 0.3) is 0 Å². The third-order valence-corrected chi connectivity index (χ3v) is 4.60. The molecular weight excluding hydrogens is 331 g/mol. The van der Waals surface area contributed by atoms with Crippen LogP contribution in [-0.4, -0.2) is 15.0 Å². The lowest BCUT2D eigenvalue weighted by Gasteiger charge is -2.16. The fourth-order valence-electron chi connectivity index (χ4n) is 1.99. The standard InChI is InChI=1S/C15H14F3NO3S/c1-10(19-23(20,21)12-5-3-2-4-6-12)13-9-11(22-15(17)18)7-8-14(13)16/h2-10,15,19H,1H3. The highest BCUT2D eigenvalue weighted by Crippen LogP contribution is 2.25. The third-order valence-electron chi connectivity index (χ3n) is 3.04. The quantitative estimate of drug-likeness (QED) is 0.872. The first kappa shape index (κ1) is 17.3. The number of benzene rings is 2. The van der Waals surface area contributed by atoms with E-state index in [1.54, 1.807) is 18.2 Å². The van der Waals surface area contributed by atoms with E-state index < -0.39 is 28.5 Å². The van der Waals surface area contributed by atoms with Crippen molar-refractivity contribution in [1.29, 1.82) is 0 Å². The number of sulfonamides is 1. The predicted octanol–water partition coefficient (Wildman–Crippen LogP) is 3.47. The lowest BCUT2D eigenvalue weighted by Crippen LogP contribution is -2.27. The molecule has 0 saturated heterocycles. The van der Waals surface area contributed by atoms with E-state index in [1.807, 2.05) is 0 Å². The molecule has 8 heteroatoms. The van der Waals surface area contributed by atoms with E-state index in [0.29, 0.717) is 0 Å². The van der Waals surface area contributed by atoms with E-state index in [2.05, 4.69) is 9.46 Å². The van der Waals surface area contributed by atoms with Gasteiger partial charge in [-0.05, 0) is 37.3 Å². The number of hydrogen-bond acceptors (Lipinski definition) is 3. The highest BCUT2D eigenvalue weighted by Gasteiger charge is 2.21. The Morgan fingerprint density at radius 2 is 1.74 bits per heavy atom. The van der Waals surface area contributed by atoms with E-state index >= 15 is 0 Å². The monoisotopic (exact) mass is 345 g/mol. The molecule has 124 valence electrons. The maximum Gasteiger partial charge on any atom is 0.387 e. The van der Waals surface area contributed by atoms with Gasteiger partial charge >= 0.3 is 6.61 Å². The topological polar surface area (TPSA) is 55.4 Å². The summed E-state index contributed by atoms with van der Waals surface area (Å²) in [5.41, 5.74) is -0.0948. The second-order valence-electron chi connectivity index (χ2n) is 4.72. The normalized spacial score (nSPS) is 13.1. The van der Waals surface area contributed by atoms with Crippen molar-refractivity contribution in [2.75, 3.05) is 0 Å². The Labute approximate surface area is 132 Å². The van der Waals surface area contributed by atoms with Gasteiger partial charge in [0.1, 0.15) is 11.6 Å². The summed E-state index contributed by atoms with van der Waals surface area (Å²) in [5, 5.41) is 0. The second-order valence-corrected chi connectivity index (χ2v) is 6.43. The van der Waals surface area contributed by atoms with Gasteiger partial charge in [0.15, 0.2) is 0 Å². The van der Waals surface area contributed by atoms with E-state index in [-0.39, 0.29) is 16.2 Å². The van der Waals surface area contributed by atoms with E-state index in [0.717, 1.165) is 18.2 Å². The lowest BCUT2D eigenvalue weighted by molar-refractivity contribution is -0.0499. The summed E-state index contributed by atoms with van der Waals surface area (Å²) in [7, 11) is -3.87. The van der Waals surface area contributed by atoms with Crippen LogP contribution in [0.2, 0.25) is 0 Å². The molecule has 23 heavy (non-hydrogen) atoms. The van der Waals surface area contributed by atoms with Crippen molar-refractivity contribution < 1.29 is 26.3 Å². The minimum Gasteiger partial charge on any atom is -0.435 e. The van der Waals surface area contributed by atoms with Crippen molar-refractivity contribution in [3.05, 3.63) is 59.9 Å². The molecule has 2 aromatic carbocycles. The van der Waals surface area contributed by atoms with Crippen molar-refractivity contribution in [2.45, 2.75) is 24.5 Å². The Kier molecular flexibility index (Phi) is 5.27. The van der Waals surface area contributed by atoms with Gasteiger partial charge < -0.3 is 4.74 Å². The van der Waals surface area contributed by atoms with Crippen molar-refractivity contribution in [3.63, 3.8) is 0 Å². The fraction of sp³-hybridized carbons (Fsp3) is 0.200. The minimum absolute atomic E-state index is 0.0206. The van der Waals surface area contributed by atoms with Gasteiger partial charge in [-0.15, -0.1) is 0 Å². The van der Waals surface area contributed by atoms with E-state index in [4.69, 9.17) is 0 Å². The number of halogens is 3. The molecule has 2 rings (SSSR count). The van der Waals surface area contributed by atoms with Crippen LogP contribution in [0.1, 0.15) is 18.5 Å². The molecule has 0 aromatic heterocycles. The molecule has 1 atom stereocenters. The van der Waals surface area contributed by atoms with Gasteiger partial charge in [-0.3, -0.25) is 0 Å². The molecule has 0 spiro atoms. The maximum absolute atomic E-state index is 13.9. The first-order chi connectivity index (χ1) is 10.8. The fourth-order valence-corrected chi connectivity index (χ4v) is 3.24. The second kappa shape index (κ2) is 7.01. The van der Waals surface area contributed by atoms with Crippen LogP contribution in [0.5, 0.6) is 5.75 Å². The van der Waals surface area contributed by atoms with Gasteiger partial charge in [-0.25, -0.2) is 17.5 Å². The summed E-state index contributed by atoms with van der Waals surface area (Å²) in [4.78, 5) is 0.0206. The predicted molar refractivity (Wildman–Crippen MR) is 78.2 cm³/mol. The van der Waals surface area contributed by atoms with Crippen molar-refractivity contribution in [2.24, 2.45) is 0 Å². The van der Waals surface area contributed by atoms with Crippen LogP contribution in [0.3, 0.4) is 0 Å². The van der Waals surface area contributed by atoms with Crippen LogP contribution in [0.15, 0.2) is 53.4 Å². The summed E-state index contributed by atoms with van der Waals surface area (Å²) in [6.45, 7) is -1.64. The molecule has 1 N–H and O–H groups in total. The van der Waals surface area contributed by atoms with Crippen LogP contribution >= 0.6 is 0 Å². The Morgan fingerprint density at radius 3 is 2.35 bits per heavy atom. The molecule has 0 fully saturated rings. The molecule has 0 radical (unpaired) electrons. The maximum atomic E-state index is 13.9. The molecule has 0 aliphatic heterocycles. The zero-order valence-electron chi connectivity index (χ0n) is 12.0. The molecule has 0 saturated carbocycles. The van der Waals surface area contributed by atoms with Gasteiger partial charge in [0, 0.05) is 11.6 Å². The van der Waals surface area contributed by atoms with Crippen molar-refractivity contribution >= 4 is 10.0 Å². The Bertz CT molecular complexity index is 767. The molecule has 0 aliphatic carbocycles. The summed E-state index contributed by atoms with van der Waals surface area (Å²) < 4.78 is 69.2. The molecule has 2 aromatic rings. The Hall–Kier alpha value is -2.06. The van der Waals surface area contributed by atoms with E-state index in [1.165, 1.54) is 19.1 Å². The summed E-state index contributed by atoms with van der Waals surface area (Å²) >= 11 is 0. The molecule has 0 bridgehead atoms. The molecular formula is C15H14F3NO3S. The highest BCUT2D eigenvalue weighted by atomic mass is 32.2. The van der Waals surface area contributed by atoms with E-state index in [9.17, 15) is 21.6 Å². The van der Waals surface area contributed by atoms with Gasteiger partial charge in [-0.1, -0.05) is 18.2 Å². The smallest absolute Gasteiger partial charge is 0.387 e. The molecule has 1 unspecified atom stereocenters. The summed E-state index contributed by atoms with van der Waals surface area (Å²) in [5.74, 6) is -0.975. The zero-order valence-corrected chi connectivity index (χ0v) is 12.9. The largest absolute Gasteiger partial charge is 0.435 e. The SMILES string of the molecule is CC(NS(=O)(=O)c1ccccc1)c1cc(OC(F)F)ccc1F. The number of ether oxygens (including phenoxy) is 1. The number of hydrogen-bond donors (Lipinski definition) is 1. The van der Waals surface area contributed by atoms with Crippen LogP contribution in [0.4, 0.5) is 13.2 Å². The first-order valence-corrected chi connectivity index (χ1v) is 8.09. The van der Waals surface area contributed by atoms with Gasteiger partial charge in [0.2, 0.25) is 10.0 Å². The number of rotatable bonds is 6.